The van der Waals surface area contributed by atoms with Crippen molar-refractivity contribution in [2.45, 2.75) is 25.9 Å². The van der Waals surface area contributed by atoms with Crippen LogP contribution in [0.2, 0.25) is 0 Å². The first-order valence-electron chi connectivity index (χ1n) is 5.91. The van der Waals surface area contributed by atoms with Crippen LogP contribution in [-0.4, -0.2) is 25.1 Å². The molecule has 0 radical (unpaired) electrons. The Hall–Kier alpha value is -0.260. The molecule has 1 aromatic rings. The summed E-state index contributed by atoms with van der Waals surface area (Å²) < 4.78 is 14.7. The van der Waals surface area contributed by atoms with Crippen molar-refractivity contribution in [3.05, 3.63) is 28.0 Å². The van der Waals surface area contributed by atoms with E-state index >= 15 is 0 Å². The molecule has 0 saturated carbocycles. The van der Waals surface area contributed by atoms with E-state index in [1.54, 1.807) is 6.07 Å². The van der Waals surface area contributed by atoms with Crippen LogP contribution in [0.4, 0.5) is 10.1 Å². The molecule has 0 amide bonds. The molecule has 2 N–H and O–H groups in total. The Morgan fingerprint density at radius 2 is 2.17 bits per heavy atom. The topological polar surface area (TPSA) is 29.3 Å². The highest BCUT2D eigenvalue weighted by Gasteiger charge is 2.17. The van der Waals surface area contributed by atoms with Crippen LogP contribution in [0.15, 0.2) is 16.6 Å². The number of anilines is 1. The number of hydrogen-bond donors (Lipinski definition) is 1. The van der Waals surface area contributed by atoms with E-state index in [-0.39, 0.29) is 5.82 Å². The Morgan fingerprint density at radius 1 is 1.50 bits per heavy atom. The minimum atomic E-state index is -0.226. The summed E-state index contributed by atoms with van der Waals surface area (Å²) in [6.45, 7) is 2.45. The molecule has 0 aliphatic rings. The van der Waals surface area contributed by atoms with Crippen LogP contribution in [0.5, 0.6) is 0 Å². The number of hydrogen-bond acceptors (Lipinski definition) is 3. The maximum Gasteiger partial charge on any atom is 0.160 e. The molecule has 0 heterocycles. The molecular formula is C13H20BrFN2S. The molecule has 0 saturated heterocycles. The lowest BCUT2D eigenvalue weighted by molar-refractivity contribution is 0.594. The van der Waals surface area contributed by atoms with Gasteiger partial charge in [-0.25, -0.2) is 4.39 Å². The number of thioether (sulfide) groups is 1. The molecule has 2 nitrogen and oxygen atoms in total. The van der Waals surface area contributed by atoms with Crippen LogP contribution >= 0.6 is 27.7 Å². The maximum absolute atomic E-state index is 14.2. The van der Waals surface area contributed by atoms with Crippen LogP contribution in [0, 0.1) is 5.82 Å². The third-order valence-corrected chi connectivity index (χ3v) is 4.64. The summed E-state index contributed by atoms with van der Waals surface area (Å²) in [4.78, 5) is 1.98. The number of rotatable bonds is 6. The first-order valence-corrected chi connectivity index (χ1v) is 8.10. The normalized spacial score (nSPS) is 12.6. The van der Waals surface area contributed by atoms with E-state index in [1.807, 2.05) is 29.8 Å². The first kappa shape index (κ1) is 15.8. The van der Waals surface area contributed by atoms with Crippen LogP contribution in [0.25, 0.3) is 0 Å². The third-order valence-electron chi connectivity index (χ3n) is 3.14. The molecule has 1 rings (SSSR count). The highest BCUT2D eigenvalue weighted by Crippen LogP contribution is 2.30. The van der Waals surface area contributed by atoms with Crippen LogP contribution in [0.3, 0.4) is 0 Å². The van der Waals surface area contributed by atoms with E-state index in [1.165, 1.54) is 0 Å². The lowest BCUT2D eigenvalue weighted by Crippen LogP contribution is -2.30. The first-order chi connectivity index (χ1) is 8.52. The molecule has 0 aliphatic carbocycles. The zero-order valence-electron chi connectivity index (χ0n) is 11.0. The molecule has 0 aliphatic heterocycles. The summed E-state index contributed by atoms with van der Waals surface area (Å²) >= 11 is 5.09. The van der Waals surface area contributed by atoms with Crippen molar-refractivity contribution in [1.82, 2.24) is 0 Å². The highest BCUT2D eigenvalue weighted by molar-refractivity contribution is 9.10. The lowest BCUT2D eigenvalue weighted by Gasteiger charge is -2.28. The molecule has 18 heavy (non-hydrogen) atoms. The summed E-state index contributed by atoms with van der Waals surface area (Å²) in [5, 5.41) is 0. The van der Waals surface area contributed by atoms with Gasteiger partial charge in [0.05, 0.1) is 10.2 Å². The van der Waals surface area contributed by atoms with Crippen molar-refractivity contribution < 1.29 is 4.39 Å². The molecule has 0 spiro atoms. The molecule has 0 fully saturated rings. The fraction of sp³-hybridized carbons (Fsp3) is 0.538. The van der Waals surface area contributed by atoms with Gasteiger partial charge in [-0.1, -0.05) is 6.07 Å². The second-order valence-electron chi connectivity index (χ2n) is 4.32. The monoisotopic (exact) mass is 334 g/mol. The van der Waals surface area contributed by atoms with Gasteiger partial charge in [0, 0.05) is 19.6 Å². The van der Waals surface area contributed by atoms with Gasteiger partial charge in [0.1, 0.15) is 0 Å². The minimum Gasteiger partial charge on any atom is -0.369 e. The Bertz CT molecular complexity index is 401. The van der Waals surface area contributed by atoms with Gasteiger partial charge in [-0.15, -0.1) is 0 Å². The summed E-state index contributed by atoms with van der Waals surface area (Å²) in [5.74, 6) is 0.853. The molecule has 1 aromatic carbocycles. The smallest absolute Gasteiger partial charge is 0.160 e. The van der Waals surface area contributed by atoms with E-state index in [9.17, 15) is 4.39 Å². The number of benzene rings is 1. The Morgan fingerprint density at radius 3 is 2.72 bits per heavy atom. The number of halogens is 2. The van der Waals surface area contributed by atoms with Gasteiger partial charge >= 0.3 is 0 Å². The molecule has 0 aromatic heterocycles. The van der Waals surface area contributed by atoms with Crippen molar-refractivity contribution in [3.63, 3.8) is 0 Å². The SMILES string of the molecule is CSCCC(C)N(C)c1ccc(CN)c(Br)c1F. The predicted octanol–water partition coefficient (Wildman–Crippen LogP) is 3.62. The molecular weight excluding hydrogens is 315 g/mol. The summed E-state index contributed by atoms with van der Waals surface area (Å²) in [7, 11) is 1.93. The lowest BCUT2D eigenvalue weighted by atomic mass is 10.1. The number of nitrogens with zero attached hydrogens (tertiary/aromatic N) is 1. The average molecular weight is 335 g/mol. The molecule has 1 unspecified atom stereocenters. The molecule has 0 bridgehead atoms. The Kier molecular flexibility index (Phi) is 6.46. The van der Waals surface area contributed by atoms with E-state index in [2.05, 4.69) is 29.1 Å². The van der Waals surface area contributed by atoms with Gasteiger partial charge < -0.3 is 10.6 Å². The fourth-order valence-corrected chi connectivity index (χ4v) is 2.80. The van der Waals surface area contributed by atoms with Crippen molar-refractivity contribution in [3.8, 4) is 0 Å². The Labute approximate surface area is 121 Å². The van der Waals surface area contributed by atoms with Gasteiger partial charge in [0.15, 0.2) is 5.82 Å². The molecule has 5 heteroatoms. The number of nitrogens with two attached hydrogens (primary N) is 1. The second-order valence-corrected chi connectivity index (χ2v) is 6.10. The van der Waals surface area contributed by atoms with Crippen molar-refractivity contribution in [2.75, 3.05) is 24.0 Å². The summed E-state index contributed by atoms with van der Waals surface area (Å²) in [5.41, 5.74) is 6.97. The zero-order chi connectivity index (χ0) is 13.7. The molecule has 102 valence electrons. The van der Waals surface area contributed by atoms with E-state index in [0.29, 0.717) is 22.7 Å². The summed E-state index contributed by atoms with van der Waals surface area (Å²) in [6, 6.07) is 3.99. The third kappa shape index (κ3) is 3.62. The predicted molar refractivity (Wildman–Crippen MR) is 82.9 cm³/mol. The summed E-state index contributed by atoms with van der Waals surface area (Å²) in [6.07, 6.45) is 3.12. The quantitative estimate of drug-likeness (QED) is 0.861. The molecule has 1 atom stereocenters. The zero-order valence-corrected chi connectivity index (χ0v) is 13.4. The highest BCUT2D eigenvalue weighted by atomic mass is 79.9. The van der Waals surface area contributed by atoms with Gasteiger partial charge in [0.25, 0.3) is 0 Å². The van der Waals surface area contributed by atoms with Gasteiger partial charge in [-0.3, -0.25) is 0 Å². The van der Waals surface area contributed by atoms with Crippen molar-refractivity contribution in [1.29, 1.82) is 0 Å². The maximum atomic E-state index is 14.2. The van der Waals surface area contributed by atoms with Crippen molar-refractivity contribution >= 4 is 33.4 Å². The minimum absolute atomic E-state index is 0.226. The van der Waals surface area contributed by atoms with E-state index in [0.717, 1.165) is 17.7 Å². The average Bonchev–Trinajstić information content (AvgIpc) is 2.38. The van der Waals surface area contributed by atoms with Gasteiger partial charge in [-0.2, -0.15) is 11.8 Å². The van der Waals surface area contributed by atoms with Crippen LogP contribution < -0.4 is 10.6 Å². The second kappa shape index (κ2) is 7.36. The fourth-order valence-electron chi connectivity index (χ4n) is 1.73. The van der Waals surface area contributed by atoms with E-state index in [4.69, 9.17) is 5.73 Å². The van der Waals surface area contributed by atoms with Gasteiger partial charge in [-0.05, 0) is 52.9 Å². The van der Waals surface area contributed by atoms with Crippen LogP contribution in [0.1, 0.15) is 18.9 Å². The van der Waals surface area contributed by atoms with Crippen molar-refractivity contribution in [2.24, 2.45) is 5.73 Å². The standard InChI is InChI=1S/C13H20BrFN2S/c1-9(6-7-18-3)17(2)11-5-4-10(8-16)12(14)13(11)15/h4-5,9H,6-8,16H2,1-3H3. The van der Waals surface area contributed by atoms with Crippen LogP contribution in [-0.2, 0) is 6.54 Å². The Balaban J connectivity index is 2.92. The largest absolute Gasteiger partial charge is 0.369 e. The van der Waals surface area contributed by atoms with E-state index < -0.39 is 0 Å². The van der Waals surface area contributed by atoms with Gasteiger partial charge in [0.2, 0.25) is 0 Å².